The number of anilines is 3. The summed E-state index contributed by atoms with van der Waals surface area (Å²) < 4.78 is 13.1. The van der Waals surface area contributed by atoms with Gasteiger partial charge in [0.2, 0.25) is 5.91 Å². The summed E-state index contributed by atoms with van der Waals surface area (Å²) >= 11 is 0. The van der Waals surface area contributed by atoms with Crippen molar-refractivity contribution in [2.45, 2.75) is 20.3 Å². The number of halogens is 1. The van der Waals surface area contributed by atoms with Gasteiger partial charge < -0.3 is 15.1 Å². The Morgan fingerprint density at radius 3 is 2.17 bits per heavy atom. The maximum atomic E-state index is 13.1. The van der Waals surface area contributed by atoms with E-state index >= 15 is 0 Å². The number of nitrogens with zero attached hydrogens (tertiary/aromatic N) is 3. The maximum Gasteiger partial charge on any atom is 0.225 e. The van der Waals surface area contributed by atoms with Crippen molar-refractivity contribution in [1.29, 1.82) is 0 Å². The molecule has 1 aliphatic rings. The fraction of sp³-hybridized carbons (Fsp3) is 0.435. The van der Waals surface area contributed by atoms with Gasteiger partial charge in [0.1, 0.15) is 5.82 Å². The lowest BCUT2D eigenvalue weighted by molar-refractivity contribution is -0.116. The summed E-state index contributed by atoms with van der Waals surface area (Å²) in [6, 6.07) is 14.7. The van der Waals surface area contributed by atoms with E-state index in [2.05, 4.69) is 46.0 Å². The first kappa shape index (κ1) is 21.1. The molecule has 0 saturated carbocycles. The molecule has 1 fully saturated rings. The van der Waals surface area contributed by atoms with Crippen LogP contribution in [0.4, 0.5) is 21.5 Å². The number of carbonyl (C=O) groups excluding carboxylic acids is 1. The van der Waals surface area contributed by atoms with Crippen LogP contribution in [0.3, 0.4) is 0 Å². The largest absolute Gasteiger partial charge is 0.372 e. The SMILES string of the molecule is CCN(CC)c1ccc(NC(=O)CCN2CCN(c3ccc(F)cc3)CC2)cc1. The molecule has 156 valence electrons. The van der Waals surface area contributed by atoms with Crippen molar-refractivity contribution < 1.29 is 9.18 Å². The van der Waals surface area contributed by atoms with Crippen LogP contribution in [0.5, 0.6) is 0 Å². The first-order valence-corrected chi connectivity index (χ1v) is 10.5. The Kier molecular flexibility index (Phi) is 7.47. The lowest BCUT2D eigenvalue weighted by atomic mass is 10.2. The molecule has 0 aromatic heterocycles. The summed E-state index contributed by atoms with van der Waals surface area (Å²) in [4.78, 5) is 19.2. The summed E-state index contributed by atoms with van der Waals surface area (Å²) in [6.45, 7) is 10.6. The summed E-state index contributed by atoms with van der Waals surface area (Å²) in [5.74, 6) is -0.164. The minimum Gasteiger partial charge on any atom is -0.372 e. The molecule has 3 rings (SSSR count). The molecule has 2 aromatic rings. The summed E-state index contributed by atoms with van der Waals surface area (Å²) in [5, 5.41) is 2.99. The van der Waals surface area contributed by atoms with Gasteiger partial charge in [-0.05, 0) is 62.4 Å². The molecule has 5 nitrogen and oxygen atoms in total. The minimum atomic E-state index is -0.207. The molecule has 1 aliphatic heterocycles. The Labute approximate surface area is 173 Å². The van der Waals surface area contributed by atoms with E-state index < -0.39 is 0 Å². The Balaban J connectivity index is 1.40. The van der Waals surface area contributed by atoms with E-state index in [4.69, 9.17) is 0 Å². The van der Waals surface area contributed by atoms with E-state index in [1.165, 1.54) is 17.8 Å². The van der Waals surface area contributed by atoms with Crippen molar-refractivity contribution in [1.82, 2.24) is 4.90 Å². The average molecular weight is 399 g/mol. The Morgan fingerprint density at radius 2 is 1.59 bits per heavy atom. The normalized spacial score (nSPS) is 14.7. The van der Waals surface area contributed by atoms with E-state index in [0.717, 1.165) is 57.2 Å². The van der Waals surface area contributed by atoms with E-state index in [-0.39, 0.29) is 11.7 Å². The van der Waals surface area contributed by atoms with Crippen LogP contribution in [-0.4, -0.2) is 56.6 Å². The number of piperazine rings is 1. The number of hydrogen-bond acceptors (Lipinski definition) is 4. The number of rotatable bonds is 8. The maximum absolute atomic E-state index is 13.1. The van der Waals surface area contributed by atoms with Crippen molar-refractivity contribution in [2.75, 3.05) is 60.9 Å². The highest BCUT2D eigenvalue weighted by molar-refractivity contribution is 5.91. The Bertz CT molecular complexity index is 766. The highest BCUT2D eigenvalue weighted by Gasteiger charge is 2.18. The molecule has 1 heterocycles. The quantitative estimate of drug-likeness (QED) is 0.734. The Morgan fingerprint density at radius 1 is 0.966 bits per heavy atom. The molecule has 0 bridgehead atoms. The van der Waals surface area contributed by atoms with Crippen LogP contribution in [0.2, 0.25) is 0 Å². The zero-order chi connectivity index (χ0) is 20.6. The molecular formula is C23H31FN4O. The van der Waals surface area contributed by atoms with Crippen molar-refractivity contribution >= 4 is 23.0 Å². The second kappa shape index (κ2) is 10.3. The van der Waals surface area contributed by atoms with E-state index in [1.807, 2.05) is 24.3 Å². The number of carbonyl (C=O) groups is 1. The summed E-state index contributed by atoms with van der Waals surface area (Å²) in [5.41, 5.74) is 3.07. The highest BCUT2D eigenvalue weighted by Crippen LogP contribution is 2.19. The third-order valence-corrected chi connectivity index (χ3v) is 5.50. The van der Waals surface area contributed by atoms with Gasteiger partial charge in [0.15, 0.2) is 0 Å². The van der Waals surface area contributed by atoms with Crippen LogP contribution in [0, 0.1) is 5.82 Å². The predicted octanol–water partition coefficient (Wildman–Crippen LogP) is 3.82. The summed E-state index contributed by atoms with van der Waals surface area (Å²) in [7, 11) is 0. The Hall–Kier alpha value is -2.60. The van der Waals surface area contributed by atoms with Crippen LogP contribution < -0.4 is 15.1 Å². The van der Waals surface area contributed by atoms with Gasteiger partial charge in [0.05, 0.1) is 0 Å². The number of benzene rings is 2. The molecule has 1 N–H and O–H groups in total. The van der Waals surface area contributed by atoms with Gasteiger partial charge in [-0.25, -0.2) is 4.39 Å². The van der Waals surface area contributed by atoms with Crippen LogP contribution in [0.25, 0.3) is 0 Å². The van der Waals surface area contributed by atoms with Crippen molar-refractivity contribution in [3.05, 3.63) is 54.3 Å². The number of amides is 1. The van der Waals surface area contributed by atoms with Gasteiger partial charge >= 0.3 is 0 Å². The molecule has 1 saturated heterocycles. The zero-order valence-corrected chi connectivity index (χ0v) is 17.4. The van der Waals surface area contributed by atoms with Crippen LogP contribution >= 0.6 is 0 Å². The number of nitrogens with one attached hydrogen (secondary N) is 1. The van der Waals surface area contributed by atoms with Crippen molar-refractivity contribution in [3.8, 4) is 0 Å². The second-order valence-corrected chi connectivity index (χ2v) is 7.32. The van der Waals surface area contributed by atoms with Crippen LogP contribution in [0.15, 0.2) is 48.5 Å². The van der Waals surface area contributed by atoms with Crippen molar-refractivity contribution in [2.24, 2.45) is 0 Å². The fourth-order valence-electron chi connectivity index (χ4n) is 3.71. The fourth-order valence-corrected chi connectivity index (χ4v) is 3.71. The first-order chi connectivity index (χ1) is 14.1. The predicted molar refractivity (Wildman–Crippen MR) is 118 cm³/mol. The van der Waals surface area contributed by atoms with Gasteiger partial charge in [-0.1, -0.05) is 0 Å². The monoisotopic (exact) mass is 398 g/mol. The summed E-state index contributed by atoms with van der Waals surface area (Å²) in [6.07, 6.45) is 0.481. The van der Waals surface area contributed by atoms with Gasteiger partial charge in [-0.3, -0.25) is 9.69 Å². The lowest BCUT2D eigenvalue weighted by Gasteiger charge is -2.36. The van der Waals surface area contributed by atoms with Gasteiger partial charge in [0.25, 0.3) is 0 Å². The third-order valence-electron chi connectivity index (χ3n) is 5.50. The molecule has 0 aliphatic carbocycles. The van der Waals surface area contributed by atoms with E-state index in [0.29, 0.717) is 6.42 Å². The molecule has 29 heavy (non-hydrogen) atoms. The average Bonchev–Trinajstić information content (AvgIpc) is 2.75. The minimum absolute atomic E-state index is 0.0431. The van der Waals surface area contributed by atoms with Crippen molar-refractivity contribution in [3.63, 3.8) is 0 Å². The van der Waals surface area contributed by atoms with Gasteiger partial charge in [0, 0.05) is 69.3 Å². The zero-order valence-electron chi connectivity index (χ0n) is 17.4. The van der Waals surface area contributed by atoms with E-state index in [1.54, 1.807) is 0 Å². The highest BCUT2D eigenvalue weighted by atomic mass is 19.1. The molecule has 2 aromatic carbocycles. The lowest BCUT2D eigenvalue weighted by Crippen LogP contribution is -2.47. The molecule has 0 radical (unpaired) electrons. The van der Waals surface area contributed by atoms with E-state index in [9.17, 15) is 9.18 Å². The third kappa shape index (κ3) is 5.94. The molecular weight excluding hydrogens is 367 g/mol. The molecule has 0 unspecified atom stereocenters. The van der Waals surface area contributed by atoms with Gasteiger partial charge in [-0.15, -0.1) is 0 Å². The molecule has 1 amide bonds. The first-order valence-electron chi connectivity index (χ1n) is 10.5. The van der Waals surface area contributed by atoms with Crippen LogP contribution in [0.1, 0.15) is 20.3 Å². The molecule has 0 spiro atoms. The smallest absolute Gasteiger partial charge is 0.225 e. The second-order valence-electron chi connectivity index (χ2n) is 7.32. The number of hydrogen-bond donors (Lipinski definition) is 1. The standard InChI is InChI=1S/C23H31FN4O/c1-3-27(4-2)21-11-7-20(8-12-21)25-23(29)13-14-26-15-17-28(18-16-26)22-9-5-19(24)6-10-22/h5-12H,3-4,13-18H2,1-2H3,(H,25,29). The van der Waals surface area contributed by atoms with Gasteiger partial charge in [-0.2, -0.15) is 0 Å². The van der Waals surface area contributed by atoms with Crippen LogP contribution in [-0.2, 0) is 4.79 Å². The topological polar surface area (TPSA) is 38.8 Å². The molecule has 0 atom stereocenters. The molecule has 6 heteroatoms.